The molecule has 0 aromatic carbocycles. The number of halogens is 1. The molecule has 0 aromatic rings. The van der Waals surface area contributed by atoms with Crippen molar-refractivity contribution in [3.05, 3.63) is 36.5 Å². The van der Waals surface area contributed by atoms with E-state index in [1.165, 1.54) is 0 Å². The molecule has 0 rings (SSSR count). The molecular formula is C14H19BrO3. The maximum Gasteiger partial charge on any atom is 0.305 e. The molecule has 0 amide bonds. The van der Waals surface area contributed by atoms with E-state index >= 15 is 0 Å². The van der Waals surface area contributed by atoms with Crippen LogP contribution in [0.1, 0.15) is 26.7 Å². The van der Waals surface area contributed by atoms with Crippen molar-refractivity contribution in [2.75, 3.05) is 6.61 Å². The van der Waals surface area contributed by atoms with Crippen molar-refractivity contribution in [3.63, 3.8) is 0 Å². The second kappa shape index (κ2) is 9.83. The molecule has 4 heteroatoms. The molecule has 0 saturated heterocycles. The summed E-state index contributed by atoms with van der Waals surface area (Å²) in [7, 11) is 0. The molecule has 0 aliphatic carbocycles. The summed E-state index contributed by atoms with van der Waals surface area (Å²) in [6.45, 7) is 7.53. The lowest BCUT2D eigenvalue weighted by Crippen LogP contribution is -2.17. The predicted octanol–water partition coefficient (Wildman–Crippen LogP) is 3.35. The molecule has 0 bridgehead atoms. The van der Waals surface area contributed by atoms with Gasteiger partial charge in [-0.2, -0.15) is 0 Å². The van der Waals surface area contributed by atoms with E-state index in [-0.39, 0.29) is 23.0 Å². The van der Waals surface area contributed by atoms with Crippen LogP contribution in [-0.4, -0.2) is 23.2 Å². The SMILES string of the molecule is C=C/C=C(\C=C/C)C(=O)C(Br)CCC(=O)OCC. The molecule has 0 N–H and O–H groups in total. The number of carbonyl (C=O) groups is 2. The van der Waals surface area contributed by atoms with Gasteiger partial charge in [0.15, 0.2) is 5.78 Å². The third-order valence-electron chi connectivity index (χ3n) is 2.12. The highest BCUT2D eigenvalue weighted by molar-refractivity contribution is 9.10. The summed E-state index contributed by atoms with van der Waals surface area (Å²) in [5.41, 5.74) is 0.568. The third kappa shape index (κ3) is 6.55. The van der Waals surface area contributed by atoms with E-state index in [2.05, 4.69) is 22.5 Å². The summed E-state index contributed by atoms with van der Waals surface area (Å²) in [5, 5.41) is 0. The van der Waals surface area contributed by atoms with E-state index in [1.54, 1.807) is 31.2 Å². The number of carbonyl (C=O) groups excluding carboxylic acids is 2. The van der Waals surface area contributed by atoms with Crippen LogP contribution in [0.2, 0.25) is 0 Å². The fourth-order valence-electron chi connectivity index (χ4n) is 1.32. The second-order valence-corrected chi connectivity index (χ2v) is 4.64. The number of alkyl halides is 1. The van der Waals surface area contributed by atoms with E-state index in [0.717, 1.165) is 0 Å². The highest BCUT2D eigenvalue weighted by Gasteiger charge is 2.18. The molecule has 0 radical (unpaired) electrons. The van der Waals surface area contributed by atoms with Crippen LogP contribution in [0.15, 0.2) is 36.5 Å². The summed E-state index contributed by atoms with van der Waals surface area (Å²) in [5.74, 6) is -0.340. The largest absolute Gasteiger partial charge is 0.466 e. The van der Waals surface area contributed by atoms with Gasteiger partial charge >= 0.3 is 5.97 Å². The van der Waals surface area contributed by atoms with Gasteiger partial charge < -0.3 is 4.74 Å². The Morgan fingerprint density at radius 2 is 2.11 bits per heavy atom. The third-order valence-corrected chi connectivity index (χ3v) is 2.99. The number of ether oxygens (including phenoxy) is 1. The van der Waals surface area contributed by atoms with Crippen molar-refractivity contribution >= 4 is 27.7 Å². The van der Waals surface area contributed by atoms with Crippen LogP contribution in [0, 0.1) is 0 Å². The molecule has 100 valence electrons. The first-order valence-electron chi connectivity index (χ1n) is 5.86. The Kier molecular flexibility index (Phi) is 9.19. The highest BCUT2D eigenvalue weighted by Crippen LogP contribution is 2.16. The Morgan fingerprint density at radius 3 is 2.61 bits per heavy atom. The van der Waals surface area contributed by atoms with Gasteiger partial charge in [-0.1, -0.05) is 46.8 Å². The molecule has 0 spiro atoms. The van der Waals surface area contributed by atoms with Gasteiger partial charge in [0.1, 0.15) is 0 Å². The molecule has 0 saturated carbocycles. The van der Waals surface area contributed by atoms with Crippen LogP contribution in [0.4, 0.5) is 0 Å². The second-order valence-electron chi connectivity index (χ2n) is 3.53. The van der Waals surface area contributed by atoms with Crippen LogP contribution < -0.4 is 0 Å². The number of ketones is 1. The van der Waals surface area contributed by atoms with Crippen molar-refractivity contribution in [3.8, 4) is 0 Å². The molecule has 0 aliphatic heterocycles. The number of esters is 1. The molecule has 0 aliphatic rings. The topological polar surface area (TPSA) is 43.4 Å². The Morgan fingerprint density at radius 1 is 1.44 bits per heavy atom. The van der Waals surface area contributed by atoms with Gasteiger partial charge in [0, 0.05) is 12.0 Å². The van der Waals surface area contributed by atoms with Crippen molar-refractivity contribution < 1.29 is 14.3 Å². The minimum absolute atomic E-state index is 0.0581. The monoisotopic (exact) mass is 314 g/mol. The lowest BCUT2D eigenvalue weighted by molar-refractivity contribution is -0.143. The molecule has 3 nitrogen and oxygen atoms in total. The molecule has 0 aromatic heterocycles. The van der Waals surface area contributed by atoms with Crippen LogP contribution in [0.3, 0.4) is 0 Å². The Balaban J connectivity index is 4.44. The minimum atomic E-state index is -0.385. The van der Waals surface area contributed by atoms with Crippen molar-refractivity contribution in [2.24, 2.45) is 0 Å². The number of hydrogen-bond donors (Lipinski definition) is 0. The number of Topliss-reactive ketones (excluding diaryl/α,β-unsaturated/α-hetero) is 1. The minimum Gasteiger partial charge on any atom is -0.466 e. The zero-order valence-corrected chi connectivity index (χ0v) is 12.4. The van der Waals surface area contributed by atoms with E-state index in [4.69, 9.17) is 4.74 Å². The quantitative estimate of drug-likeness (QED) is 0.299. The van der Waals surface area contributed by atoms with Crippen LogP contribution in [0.25, 0.3) is 0 Å². The van der Waals surface area contributed by atoms with Gasteiger partial charge in [-0.3, -0.25) is 9.59 Å². The molecule has 1 atom stereocenters. The average molecular weight is 315 g/mol. The van der Waals surface area contributed by atoms with Crippen molar-refractivity contribution in [2.45, 2.75) is 31.5 Å². The van der Waals surface area contributed by atoms with Gasteiger partial charge in [-0.25, -0.2) is 0 Å². The van der Waals surface area contributed by atoms with Crippen molar-refractivity contribution in [1.29, 1.82) is 0 Å². The highest BCUT2D eigenvalue weighted by atomic mass is 79.9. The van der Waals surface area contributed by atoms with Gasteiger partial charge in [0.05, 0.1) is 11.4 Å². The van der Waals surface area contributed by atoms with Gasteiger partial charge in [0.2, 0.25) is 0 Å². The average Bonchev–Trinajstić information content (AvgIpc) is 2.35. The van der Waals surface area contributed by atoms with Crippen LogP contribution in [0.5, 0.6) is 0 Å². The van der Waals surface area contributed by atoms with Crippen LogP contribution in [-0.2, 0) is 14.3 Å². The number of rotatable bonds is 8. The summed E-state index contributed by atoms with van der Waals surface area (Å²) in [4.78, 5) is 22.8. The first-order chi connectivity index (χ1) is 8.56. The Labute approximate surface area is 117 Å². The Bertz CT molecular complexity index is 356. The standard InChI is InChI=1S/C14H19BrO3/c1-4-7-11(8-5-2)14(17)12(15)9-10-13(16)18-6-3/h4-5,7-8,12H,1,6,9-10H2,2-3H3/b8-5-,11-7+. The van der Waals surface area contributed by atoms with Crippen LogP contribution >= 0.6 is 15.9 Å². The Hall–Kier alpha value is -1.16. The van der Waals surface area contributed by atoms with Gasteiger partial charge in [0.25, 0.3) is 0 Å². The molecular weight excluding hydrogens is 296 g/mol. The fourth-order valence-corrected chi connectivity index (χ4v) is 1.81. The fraction of sp³-hybridized carbons (Fsp3) is 0.429. The summed E-state index contributed by atoms with van der Waals surface area (Å²) in [6, 6.07) is 0. The van der Waals surface area contributed by atoms with E-state index in [1.807, 2.05) is 6.92 Å². The number of allylic oxidation sites excluding steroid dienone is 5. The maximum absolute atomic E-state index is 12.0. The van der Waals surface area contributed by atoms with E-state index in [0.29, 0.717) is 18.6 Å². The summed E-state index contributed by atoms with van der Waals surface area (Å²) < 4.78 is 4.81. The van der Waals surface area contributed by atoms with Gasteiger partial charge in [-0.15, -0.1) is 0 Å². The number of hydrogen-bond acceptors (Lipinski definition) is 3. The molecule has 18 heavy (non-hydrogen) atoms. The molecule has 0 heterocycles. The maximum atomic E-state index is 12.0. The summed E-state index contributed by atoms with van der Waals surface area (Å²) >= 11 is 3.30. The van der Waals surface area contributed by atoms with Crippen molar-refractivity contribution in [1.82, 2.24) is 0 Å². The lowest BCUT2D eigenvalue weighted by Gasteiger charge is -2.09. The normalized spacial score (nSPS) is 13.4. The smallest absolute Gasteiger partial charge is 0.305 e. The zero-order valence-electron chi connectivity index (χ0n) is 10.8. The first-order valence-corrected chi connectivity index (χ1v) is 6.77. The molecule has 1 unspecified atom stereocenters. The van der Waals surface area contributed by atoms with Gasteiger partial charge in [-0.05, 0) is 20.3 Å². The van der Waals surface area contributed by atoms with E-state index < -0.39 is 0 Å². The molecule has 0 fully saturated rings. The predicted molar refractivity (Wildman–Crippen MR) is 76.7 cm³/mol. The summed E-state index contributed by atoms with van der Waals surface area (Å²) in [6.07, 6.45) is 7.39. The zero-order chi connectivity index (χ0) is 14.0. The van der Waals surface area contributed by atoms with E-state index in [9.17, 15) is 9.59 Å². The first kappa shape index (κ1) is 16.8. The lowest BCUT2D eigenvalue weighted by atomic mass is 10.0.